The van der Waals surface area contributed by atoms with E-state index >= 15 is 0 Å². The number of carbonyl (C=O) groups is 1. The van der Waals surface area contributed by atoms with Crippen LogP contribution >= 0.6 is 15.9 Å². The van der Waals surface area contributed by atoms with Gasteiger partial charge in [-0.15, -0.1) is 0 Å². The SMILES string of the molecule is Cc1cc(Br)ccc1NC(=O)c1cn(C)nc1C. The van der Waals surface area contributed by atoms with Gasteiger partial charge >= 0.3 is 0 Å². The maximum absolute atomic E-state index is 12.1. The summed E-state index contributed by atoms with van der Waals surface area (Å²) in [6.45, 7) is 3.78. The molecular formula is C13H14BrN3O. The van der Waals surface area contributed by atoms with Gasteiger partial charge in [-0.25, -0.2) is 0 Å². The number of benzene rings is 1. The van der Waals surface area contributed by atoms with Crippen molar-refractivity contribution < 1.29 is 4.79 Å². The average Bonchev–Trinajstić information content (AvgIpc) is 2.62. The summed E-state index contributed by atoms with van der Waals surface area (Å²) >= 11 is 3.40. The fourth-order valence-corrected chi connectivity index (χ4v) is 2.26. The van der Waals surface area contributed by atoms with Gasteiger partial charge in [0.15, 0.2) is 0 Å². The van der Waals surface area contributed by atoms with Crippen molar-refractivity contribution in [2.24, 2.45) is 7.05 Å². The summed E-state index contributed by atoms with van der Waals surface area (Å²) < 4.78 is 2.63. The van der Waals surface area contributed by atoms with E-state index in [1.165, 1.54) is 0 Å². The molecule has 2 aromatic rings. The third kappa shape index (κ3) is 2.61. The number of hydrogen-bond acceptors (Lipinski definition) is 2. The number of nitrogens with zero attached hydrogens (tertiary/aromatic N) is 2. The highest BCUT2D eigenvalue weighted by Gasteiger charge is 2.13. The normalized spacial score (nSPS) is 10.4. The first-order chi connectivity index (χ1) is 8.47. The van der Waals surface area contributed by atoms with Crippen LogP contribution in [0.1, 0.15) is 21.6 Å². The van der Waals surface area contributed by atoms with Gasteiger partial charge in [0, 0.05) is 23.4 Å². The van der Waals surface area contributed by atoms with E-state index in [1.54, 1.807) is 17.9 Å². The monoisotopic (exact) mass is 307 g/mol. The molecule has 0 atom stereocenters. The summed E-state index contributed by atoms with van der Waals surface area (Å²) in [5.41, 5.74) is 3.15. The molecule has 94 valence electrons. The molecule has 0 spiro atoms. The van der Waals surface area contributed by atoms with Crippen LogP contribution < -0.4 is 5.32 Å². The molecule has 0 fully saturated rings. The van der Waals surface area contributed by atoms with E-state index in [-0.39, 0.29) is 5.91 Å². The Balaban J connectivity index is 2.24. The van der Waals surface area contributed by atoms with Crippen molar-refractivity contribution in [3.8, 4) is 0 Å². The van der Waals surface area contributed by atoms with E-state index in [1.807, 2.05) is 32.0 Å². The van der Waals surface area contributed by atoms with E-state index in [4.69, 9.17) is 0 Å². The number of hydrogen-bond donors (Lipinski definition) is 1. The third-order valence-electron chi connectivity index (χ3n) is 2.69. The standard InChI is InChI=1S/C13H14BrN3O/c1-8-6-10(14)4-5-12(8)15-13(18)11-7-17(3)16-9(11)2/h4-7H,1-3H3,(H,15,18). The molecule has 0 saturated heterocycles. The van der Waals surface area contributed by atoms with Crippen LogP contribution in [-0.4, -0.2) is 15.7 Å². The zero-order valence-corrected chi connectivity index (χ0v) is 12.1. The number of carbonyl (C=O) groups excluding carboxylic acids is 1. The lowest BCUT2D eigenvalue weighted by Gasteiger charge is -2.08. The Morgan fingerprint density at radius 1 is 1.39 bits per heavy atom. The number of aromatic nitrogens is 2. The highest BCUT2D eigenvalue weighted by molar-refractivity contribution is 9.10. The Morgan fingerprint density at radius 2 is 2.11 bits per heavy atom. The van der Waals surface area contributed by atoms with E-state index in [2.05, 4.69) is 26.3 Å². The number of amides is 1. The van der Waals surface area contributed by atoms with Crippen LogP contribution in [0, 0.1) is 13.8 Å². The molecule has 0 bridgehead atoms. The van der Waals surface area contributed by atoms with Crippen molar-refractivity contribution in [2.75, 3.05) is 5.32 Å². The van der Waals surface area contributed by atoms with Crippen LogP contribution in [0.25, 0.3) is 0 Å². The first kappa shape index (κ1) is 12.8. The van der Waals surface area contributed by atoms with E-state index in [0.717, 1.165) is 21.4 Å². The second-order valence-corrected chi connectivity index (χ2v) is 5.13. The first-order valence-corrected chi connectivity index (χ1v) is 6.34. The van der Waals surface area contributed by atoms with Gasteiger partial charge in [-0.1, -0.05) is 15.9 Å². The van der Waals surface area contributed by atoms with Gasteiger partial charge in [0.05, 0.1) is 11.3 Å². The minimum Gasteiger partial charge on any atom is -0.322 e. The minimum absolute atomic E-state index is 0.133. The van der Waals surface area contributed by atoms with Crippen LogP contribution in [0.3, 0.4) is 0 Å². The Kier molecular flexibility index (Phi) is 3.52. The minimum atomic E-state index is -0.133. The largest absolute Gasteiger partial charge is 0.322 e. The molecule has 18 heavy (non-hydrogen) atoms. The molecule has 2 rings (SSSR count). The molecule has 0 radical (unpaired) electrons. The van der Waals surface area contributed by atoms with Gasteiger partial charge in [0.2, 0.25) is 0 Å². The predicted octanol–water partition coefficient (Wildman–Crippen LogP) is 3.05. The van der Waals surface area contributed by atoms with E-state index < -0.39 is 0 Å². The van der Waals surface area contributed by atoms with E-state index in [9.17, 15) is 4.79 Å². The second-order valence-electron chi connectivity index (χ2n) is 4.22. The molecule has 1 aromatic carbocycles. The van der Waals surface area contributed by atoms with Gasteiger partial charge in [0.25, 0.3) is 5.91 Å². The molecule has 5 heteroatoms. The van der Waals surface area contributed by atoms with Crippen molar-refractivity contribution in [1.29, 1.82) is 0 Å². The van der Waals surface area contributed by atoms with Crippen LogP contribution in [0.2, 0.25) is 0 Å². The lowest BCUT2D eigenvalue weighted by molar-refractivity contribution is 0.102. The molecule has 0 saturated carbocycles. The molecule has 4 nitrogen and oxygen atoms in total. The molecule has 0 aliphatic rings. The fourth-order valence-electron chi connectivity index (χ4n) is 1.78. The van der Waals surface area contributed by atoms with Crippen molar-refractivity contribution in [3.05, 3.63) is 45.7 Å². The zero-order chi connectivity index (χ0) is 13.3. The number of anilines is 1. The van der Waals surface area contributed by atoms with Crippen LogP contribution in [0.4, 0.5) is 5.69 Å². The predicted molar refractivity (Wildman–Crippen MR) is 74.8 cm³/mol. The zero-order valence-electron chi connectivity index (χ0n) is 10.5. The third-order valence-corrected chi connectivity index (χ3v) is 3.19. The summed E-state index contributed by atoms with van der Waals surface area (Å²) in [4.78, 5) is 12.1. The molecule has 1 aromatic heterocycles. The first-order valence-electron chi connectivity index (χ1n) is 5.55. The molecule has 1 N–H and O–H groups in total. The topological polar surface area (TPSA) is 46.9 Å². The highest BCUT2D eigenvalue weighted by Crippen LogP contribution is 2.21. The van der Waals surface area contributed by atoms with Crippen molar-refractivity contribution in [2.45, 2.75) is 13.8 Å². The Bertz CT molecular complexity index is 604. The van der Waals surface area contributed by atoms with Crippen molar-refractivity contribution in [1.82, 2.24) is 9.78 Å². The lowest BCUT2D eigenvalue weighted by Crippen LogP contribution is -2.13. The Hall–Kier alpha value is -1.62. The van der Waals surface area contributed by atoms with Gasteiger partial charge in [0.1, 0.15) is 0 Å². The van der Waals surface area contributed by atoms with Gasteiger partial charge < -0.3 is 5.32 Å². The maximum Gasteiger partial charge on any atom is 0.259 e. The summed E-state index contributed by atoms with van der Waals surface area (Å²) in [6, 6.07) is 5.74. The van der Waals surface area contributed by atoms with Gasteiger partial charge in [-0.2, -0.15) is 5.10 Å². The smallest absolute Gasteiger partial charge is 0.259 e. The molecular weight excluding hydrogens is 294 g/mol. The van der Waals surface area contributed by atoms with Gasteiger partial charge in [-0.05, 0) is 37.6 Å². The summed E-state index contributed by atoms with van der Waals surface area (Å²) in [7, 11) is 1.80. The van der Waals surface area contributed by atoms with Crippen molar-refractivity contribution in [3.63, 3.8) is 0 Å². The quantitative estimate of drug-likeness (QED) is 0.927. The molecule has 0 aliphatic carbocycles. The fraction of sp³-hybridized carbons (Fsp3) is 0.231. The van der Waals surface area contributed by atoms with Gasteiger partial charge in [-0.3, -0.25) is 9.48 Å². The summed E-state index contributed by atoms with van der Waals surface area (Å²) in [5.74, 6) is -0.133. The Labute approximate surface area is 114 Å². The summed E-state index contributed by atoms with van der Waals surface area (Å²) in [5, 5.41) is 7.05. The number of aryl methyl sites for hydroxylation is 3. The molecule has 1 heterocycles. The number of halogens is 1. The average molecular weight is 308 g/mol. The highest BCUT2D eigenvalue weighted by atomic mass is 79.9. The Morgan fingerprint density at radius 3 is 2.67 bits per heavy atom. The van der Waals surface area contributed by atoms with Crippen molar-refractivity contribution >= 4 is 27.5 Å². The van der Waals surface area contributed by atoms with Crippen LogP contribution in [-0.2, 0) is 7.05 Å². The summed E-state index contributed by atoms with van der Waals surface area (Å²) in [6.07, 6.45) is 1.72. The second kappa shape index (κ2) is 4.94. The van der Waals surface area contributed by atoms with E-state index in [0.29, 0.717) is 5.56 Å². The number of nitrogens with one attached hydrogen (secondary N) is 1. The molecule has 0 aliphatic heterocycles. The van der Waals surface area contributed by atoms with Crippen LogP contribution in [0.5, 0.6) is 0 Å². The molecule has 0 unspecified atom stereocenters. The molecule has 1 amide bonds. The number of rotatable bonds is 2. The van der Waals surface area contributed by atoms with Crippen LogP contribution in [0.15, 0.2) is 28.9 Å². The maximum atomic E-state index is 12.1. The lowest BCUT2D eigenvalue weighted by atomic mass is 10.2.